The van der Waals surface area contributed by atoms with Crippen LogP contribution in [-0.4, -0.2) is 60.4 Å². The largest absolute Gasteiger partial charge is 0.492 e. The molecule has 2 aromatic carbocycles. The van der Waals surface area contributed by atoms with Gasteiger partial charge in [-0.05, 0) is 43.2 Å². The van der Waals surface area contributed by atoms with Crippen molar-refractivity contribution < 1.29 is 19.4 Å². The smallest absolute Gasteiger partial charge is 0.286 e. The molecule has 1 heterocycles. The number of rotatable bonds is 11. The van der Waals surface area contributed by atoms with E-state index in [1.165, 1.54) is 0 Å². The van der Waals surface area contributed by atoms with Crippen molar-refractivity contribution in [1.29, 1.82) is 0 Å². The molecule has 1 saturated heterocycles. The summed E-state index contributed by atoms with van der Waals surface area (Å²) in [5.74, 6) is 0.508. The van der Waals surface area contributed by atoms with Gasteiger partial charge in [-0.15, -0.1) is 0 Å². The molecule has 7 nitrogen and oxygen atoms in total. The van der Waals surface area contributed by atoms with E-state index in [0.717, 1.165) is 28.8 Å². The van der Waals surface area contributed by atoms with Crippen LogP contribution >= 0.6 is 11.8 Å². The van der Waals surface area contributed by atoms with Gasteiger partial charge >= 0.3 is 0 Å². The SMILES string of the molecule is CC(COc1ccc(CC2SC(=O)NC2=O)cc1)NCC(O)CN(C)c1ccccc1. The Bertz CT molecular complexity index is 863. The predicted molar refractivity (Wildman–Crippen MR) is 124 cm³/mol. The predicted octanol–water partition coefficient (Wildman–Crippen LogP) is 2.43. The van der Waals surface area contributed by atoms with Crippen molar-refractivity contribution >= 4 is 28.6 Å². The number of hydrogen-bond acceptors (Lipinski definition) is 7. The summed E-state index contributed by atoms with van der Waals surface area (Å²) in [7, 11) is 1.96. The minimum Gasteiger partial charge on any atom is -0.492 e. The number of imide groups is 1. The normalized spacial score (nSPS) is 17.8. The van der Waals surface area contributed by atoms with E-state index in [0.29, 0.717) is 26.1 Å². The van der Waals surface area contributed by atoms with Crippen molar-refractivity contribution in [2.24, 2.45) is 0 Å². The first-order valence-electron chi connectivity index (χ1n) is 10.3. The first-order valence-corrected chi connectivity index (χ1v) is 11.2. The van der Waals surface area contributed by atoms with E-state index in [1.54, 1.807) is 0 Å². The zero-order valence-corrected chi connectivity index (χ0v) is 18.6. The molecule has 1 aliphatic rings. The lowest BCUT2D eigenvalue weighted by Gasteiger charge is -2.24. The summed E-state index contributed by atoms with van der Waals surface area (Å²) in [6.07, 6.45) is 0.0139. The number of aliphatic hydroxyl groups excluding tert-OH is 1. The highest BCUT2D eigenvalue weighted by atomic mass is 32.2. The third-order valence-electron chi connectivity index (χ3n) is 4.99. The quantitative estimate of drug-likeness (QED) is 0.491. The maximum absolute atomic E-state index is 11.7. The summed E-state index contributed by atoms with van der Waals surface area (Å²) >= 11 is 1.03. The summed E-state index contributed by atoms with van der Waals surface area (Å²) in [6.45, 7) is 3.49. The zero-order valence-electron chi connectivity index (χ0n) is 17.8. The van der Waals surface area contributed by atoms with Crippen molar-refractivity contribution in [2.75, 3.05) is 31.6 Å². The minimum absolute atomic E-state index is 0.0703. The molecule has 0 spiro atoms. The molecule has 0 bridgehead atoms. The Morgan fingerprint density at radius 1 is 1.16 bits per heavy atom. The van der Waals surface area contributed by atoms with Crippen LogP contribution in [0.5, 0.6) is 5.75 Å². The fraction of sp³-hybridized carbons (Fsp3) is 0.391. The number of ether oxygens (including phenoxy) is 1. The summed E-state index contributed by atoms with van der Waals surface area (Å²) < 4.78 is 5.82. The van der Waals surface area contributed by atoms with E-state index in [4.69, 9.17) is 4.74 Å². The lowest BCUT2D eigenvalue weighted by atomic mass is 10.1. The molecule has 0 aromatic heterocycles. The number of carbonyl (C=O) groups excluding carboxylic acids is 2. The molecule has 0 aliphatic carbocycles. The van der Waals surface area contributed by atoms with Gasteiger partial charge in [0.05, 0.1) is 11.4 Å². The second kappa shape index (κ2) is 11.2. The molecule has 2 aromatic rings. The lowest BCUT2D eigenvalue weighted by molar-refractivity contribution is -0.118. The molecule has 31 heavy (non-hydrogen) atoms. The van der Waals surface area contributed by atoms with Crippen LogP contribution in [0, 0.1) is 0 Å². The molecule has 8 heteroatoms. The van der Waals surface area contributed by atoms with Crippen molar-refractivity contribution in [1.82, 2.24) is 10.6 Å². The monoisotopic (exact) mass is 443 g/mol. The topological polar surface area (TPSA) is 90.9 Å². The standard InChI is InChI=1S/C23H29N3O4S/c1-16(24-13-19(27)14-26(2)18-6-4-3-5-7-18)15-30-20-10-8-17(9-11-20)12-21-22(28)25-23(29)31-21/h3-11,16,19,21,24,27H,12-15H2,1-2H3,(H,25,28,29). The number of carbonyl (C=O) groups is 2. The summed E-state index contributed by atoms with van der Waals surface area (Å²) in [5.41, 5.74) is 2.05. The van der Waals surface area contributed by atoms with E-state index in [2.05, 4.69) is 10.6 Å². The third kappa shape index (κ3) is 7.27. The number of thioether (sulfide) groups is 1. The van der Waals surface area contributed by atoms with E-state index in [-0.39, 0.29) is 22.4 Å². The number of likely N-dealkylation sites (N-methyl/N-ethyl adjacent to an activating group) is 1. The summed E-state index contributed by atoms with van der Waals surface area (Å²) in [6, 6.07) is 17.6. The Morgan fingerprint density at radius 2 is 1.87 bits per heavy atom. The number of anilines is 1. The Balaban J connectivity index is 1.36. The lowest BCUT2D eigenvalue weighted by Crippen LogP contribution is -2.41. The molecule has 1 aliphatic heterocycles. The molecule has 2 amide bonds. The molecule has 1 fully saturated rings. The third-order valence-corrected chi connectivity index (χ3v) is 5.98. The van der Waals surface area contributed by atoms with Crippen LogP contribution in [-0.2, 0) is 11.2 Å². The number of nitrogens with zero attached hydrogens (tertiary/aromatic N) is 1. The Kier molecular flexibility index (Phi) is 8.34. The summed E-state index contributed by atoms with van der Waals surface area (Å²) in [5, 5.41) is 15.3. The van der Waals surface area contributed by atoms with Gasteiger partial charge in [0, 0.05) is 31.9 Å². The number of hydrogen-bond donors (Lipinski definition) is 3. The highest BCUT2D eigenvalue weighted by Crippen LogP contribution is 2.24. The summed E-state index contributed by atoms with van der Waals surface area (Å²) in [4.78, 5) is 25.0. The fourth-order valence-electron chi connectivity index (χ4n) is 3.25. The average molecular weight is 444 g/mol. The van der Waals surface area contributed by atoms with Crippen molar-refractivity contribution in [3.8, 4) is 5.75 Å². The van der Waals surface area contributed by atoms with E-state index in [9.17, 15) is 14.7 Å². The molecule has 166 valence electrons. The van der Waals surface area contributed by atoms with Gasteiger partial charge in [-0.3, -0.25) is 14.9 Å². The number of para-hydroxylation sites is 1. The van der Waals surface area contributed by atoms with Crippen LogP contribution in [0.3, 0.4) is 0 Å². The minimum atomic E-state index is -0.496. The van der Waals surface area contributed by atoms with Gasteiger partial charge in [-0.2, -0.15) is 0 Å². The molecule has 0 radical (unpaired) electrons. The van der Waals surface area contributed by atoms with Gasteiger partial charge in [0.25, 0.3) is 5.24 Å². The van der Waals surface area contributed by atoms with E-state index >= 15 is 0 Å². The van der Waals surface area contributed by atoms with Gasteiger partial charge in [-0.1, -0.05) is 42.1 Å². The van der Waals surface area contributed by atoms with Gasteiger partial charge in [-0.25, -0.2) is 0 Å². The van der Waals surface area contributed by atoms with Crippen LogP contribution in [0.2, 0.25) is 0 Å². The first-order chi connectivity index (χ1) is 14.9. The number of aliphatic hydroxyl groups is 1. The molecular formula is C23H29N3O4S. The number of benzene rings is 2. The fourth-order valence-corrected chi connectivity index (χ4v) is 4.11. The van der Waals surface area contributed by atoms with Crippen LogP contribution in [0.15, 0.2) is 54.6 Å². The second-order valence-electron chi connectivity index (χ2n) is 7.72. The zero-order chi connectivity index (χ0) is 22.2. The van der Waals surface area contributed by atoms with Crippen LogP contribution in [0.1, 0.15) is 12.5 Å². The molecule has 3 atom stereocenters. The van der Waals surface area contributed by atoms with Crippen LogP contribution < -0.4 is 20.3 Å². The van der Waals surface area contributed by atoms with Crippen LogP contribution in [0.25, 0.3) is 0 Å². The molecule has 3 rings (SSSR count). The maximum Gasteiger partial charge on any atom is 0.286 e. The molecular weight excluding hydrogens is 414 g/mol. The number of amides is 2. The number of nitrogens with one attached hydrogen (secondary N) is 2. The Hall–Kier alpha value is -2.55. The van der Waals surface area contributed by atoms with Gasteiger partial charge in [0.1, 0.15) is 12.4 Å². The van der Waals surface area contributed by atoms with Crippen LogP contribution in [0.4, 0.5) is 10.5 Å². The highest BCUT2D eigenvalue weighted by molar-refractivity contribution is 8.15. The van der Waals surface area contributed by atoms with Gasteiger partial charge < -0.3 is 20.1 Å². The molecule has 3 N–H and O–H groups in total. The highest BCUT2D eigenvalue weighted by Gasteiger charge is 2.31. The van der Waals surface area contributed by atoms with E-state index < -0.39 is 6.10 Å². The first kappa shape index (κ1) is 23.1. The average Bonchev–Trinajstić information content (AvgIpc) is 3.08. The molecule has 0 saturated carbocycles. The van der Waals surface area contributed by atoms with Crippen molar-refractivity contribution in [3.63, 3.8) is 0 Å². The van der Waals surface area contributed by atoms with Gasteiger partial charge in [0.15, 0.2) is 0 Å². The Morgan fingerprint density at radius 3 is 2.52 bits per heavy atom. The van der Waals surface area contributed by atoms with Gasteiger partial charge in [0.2, 0.25) is 5.91 Å². The molecule has 3 unspecified atom stereocenters. The second-order valence-corrected chi connectivity index (χ2v) is 8.90. The Labute approximate surface area is 187 Å². The van der Waals surface area contributed by atoms with Crippen molar-refractivity contribution in [3.05, 3.63) is 60.2 Å². The maximum atomic E-state index is 11.7. The van der Waals surface area contributed by atoms with E-state index in [1.807, 2.05) is 73.5 Å². The van der Waals surface area contributed by atoms with Crippen molar-refractivity contribution in [2.45, 2.75) is 30.7 Å².